The van der Waals surface area contributed by atoms with E-state index in [9.17, 15) is 22.7 Å². The molecule has 1 fully saturated rings. The quantitative estimate of drug-likeness (QED) is 0.883. The minimum absolute atomic E-state index is 0.191. The largest absolute Gasteiger partial charge is 0.479 e. The van der Waals surface area contributed by atoms with Gasteiger partial charge in [-0.15, -0.1) is 0 Å². The molecule has 0 bridgehead atoms. The predicted octanol–water partition coefficient (Wildman–Crippen LogP) is 1.66. The number of carboxylic acids is 1. The Bertz CT molecular complexity index is 631. The molecule has 110 valence electrons. The van der Waals surface area contributed by atoms with Gasteiger partial charge in [0.05, 0.1) is 5.25 Å². The molecular formula is C13H16FNO4S. The molecule has 0 radical (unpaired) electrons. The lowest BCUT2D eigenvalue weighted by Gasteiger charge is -2.32. The van der Waals surface area contributed by atoms with Gasteiger partial charge >= 0.3 is 5.97 Å². The molecule has 2 unspecified atom stereocenters. The molecule has 2 N–H and O–H groups in total. The number of carbonyl (C=O) groups is 1. The lowest BCUT2D eigenvalue weighted by atomic mass is 9.96. The number of aliphatic carboxylic acids is 1. The van der Waals surface area contributed by atoms with Gasteiger partial charge in [-0.1, -0.05) is 6.07 Å². The molecule has 0 aromatic heterocycles. The van der Waals surface area contributed by atoms with E-state index in [0.717, 1.165) is 12.3 Å². The van der Waals surface area contributed by atoms with Crippen molar-refractivity contribution >= 4 is 21.5 Å². The van der Waals surface area contributed by atoms with Crippen LogP contribution in [0.4, 0.5) is 10.1 Å². The van der Waals surface area contributed by atoms with E-state index in [1.54, 1.807) is 0 Å². The van der Waals surface area contributed by atoms with Crippen LogP contribution in [-0.4, -0.2) is 36.5 Å². The van der Waals surface area contributed by atoms with E-state index in [2.05, 4.69) is 5.32 Å². The summed E-state index contributed by atoms with van der Waals surface area (Å²) in [6.45, 7) is 0. The summed E-state index contributed by atoms with van der Waals surface area (Å²) < 4.78 is 36.9. The maximum atomic E-state index is 13.2. The molecule has 1 aromatic rings. The fraction of sp³-hybridized carbons (Fsp3) is 0.462. The number of anilines is 1. The Labute approximate surface area is 116 Å². The van der Waals surface area contributed by atoms with Crippen LogP contribution in [0.1, 0.15) is 19.3 Å². The van der Waals surface area contributed by atoms with Crippen LogP contribution in [0.15, 0.2) is 24.3 Å². The summed E-state index contributed by atoms with van der Waals surface area (Å²) in [6, 6.07) is 5.35. The van der Waals surface area contributed by atoms with Crippen molar-refractivity contribution in [2.24, 2.45) is 0 Å². The van der Waals surface area contributed by atoms with Gasteiger partial charge in [-0.3, -0.25) is 0 Å². The van der Waals surface area contributed by atoms with Crippen molar-refractivity contribution in [3.8, 4) is 0 Å². The first kappa shape index (κ1) is 14.8. The second-order valence-corrected chi connectivity index (χ2v) is 7.35. The second kappa shape index (κ2) is 5.05. The number of sulfone groups is 1. The molecule has 1 aliphatic carbocycles. The molecule has 1 aliphatic rings. The van der Waals surface area contributed by atoms with E-state index in [4.69, 9.17) is 0 Å². The van der Waals surface area contributed by atoms with Gasteiger partial charge in [0, 0.05) is 11.9 Å². The molecule has 0 spiro atoms. The molecule has 0 heterocycles. The van der Waals surface area contributed by atoms with Crippen molar-refractivity contribution in [3.63, 3.8) is 0 Å². The average molecular weight is 301 g/mol. The highest BCUT2D eigenvalue weighted by atomic mass is 32.2. The van der Waals surface area contributed by atoms with Crippen LogP contribution < -0.4 is 5.32 Å². The number of carboxylic acid groups (broad SMARTS) is 1. The number of hydrogen-bond acceptors (Lipinski definition) is 4. The van der Waals surface area contributed by atoms with Crippen molar-refractivity contribution in [1.82, 2.24) is 0 Å². The summed E-state index contributed by atoms with van der Waals surface area (Å²) in [5.41, 5.74) is -1.33. The molecule has 0 aliphatic heterocycles. The van der Waals surface area contributed by atoms with Gasteiger partial charge in [0.2, 0.25) is 0 Å². The highest BCUT2D eigenvalue weighted by Crippen LogP contribution is 2.38. The normalized spacial score (nSPS) is 26.4. The van der Waals surface area contributed by atoms with Gasteiger partial charge in [0.1, 0.15) is 5.82 Å². The molecule has 1 aromatic carbocycles. The first-order valence-corrected chi connectivity index (χ1v) is 8.17. The van der Waals surface area contributed by atoms with Crippen molar-refractivity contribution in [1.29, 1.82) is 0 Å². The minimum Gasteiger partial charge on any atom is -0.479 e. The Morgan fingerprint density at radius 2 is 2.20 bits per heavy atom. The highest BCUT2D eigenvalue weighted by Gasteiger charge is 2.54. The summed E-state index contributed by atoms with van der Waals surface area (Å²) in [5.74, 6) is -1.74. The summed E-state index contributed by atoms with van der Waals surface area (Å²) in [6.07, 6.45) is 2.00. The highest BCUT2D eigenvalue weighted by molar-refractivity contribution is 7.91. The van der Waals surface area contributed by atoms with E-state index < -0.39 is 32.4 Å². The molecule has 2 rings (SSSR count). The third kappa shape index (κ3) is 2.63. The van der Waals surface area contributed by atoms with Gasteiger partial charge in [-0.2, -0.15) is 0 Å². The standard InChI is InChI=1S/C13H16FNO4S/c1-20(18,19)11-6-3-7-13(11,12(16)17)15-10-5-2-4-9(14)8-10/h2,4-5,8,11,15H,3,6-7H2,1H3,(H,16,17). The Morgan fingerprint density at radius 1 is 1.50 bits per heavy atom. The summed E-state index contributed by atoms with van der Waals surface area (Å²) in [5, 5.41) is 11.2. The third-order valence-corrected chi connectivity index (χ3v) is 5.35. The molecular weight excluding hydrogens is 285 g/mol. The monoisotopic (exact) mass is 301 g/mol. The first-order chi connectivity index (χ1) is 9.25. The molecule has 7 heteroatoms. The fourth-order valence-electron chi connectivity index (χ4n) is 2.82. The van der Waals surface area contributed by atoms with Crippen LogP contribution in [0.25, 0.3) is 0 Å². The van der Waals surface area contributed by atoms with Gasteiger partial charge < -0.3 is 10.4 Å². The molecule has 0 amide bonds. The summed E-state index contributed by atoms with van der Waals surface area (Å²) in [4.78, 5) is 11.6. The van der Waals surface area contributed by atoms with Gasteiger partial charge in [0.25, 0.3) is 0 Å². The second-order valence-electron chi connectivity index (χ2n) is 5.12. The molecule has 0 saturated heterocycles. The number of halogens is 1. The number of nitrogens with one attached hydrogen (secondary N) is 1. The smallest absolute Gasteiger partial charge is 0.330 e. The van der Waals surface area contributed by atoms with Crippen molar-refractivity contribution in [2.45, 2.75) is 30.1 Å². The van der Waals surface area contributed by atoms with E-state index in [-0.39, 0.29) is 18.5 Å². The zero-order chi connectivity index (χ0) is 15.0. The van der Waals surface area contributed by atoms with E-state index in [0.29, 0.717) is 6.42 Å². The SMILES string of the molecule is CS(=O)(=O)C1CCCC1(Nc1cccc(F)c1)C(=O)O. The first-order valence-electron chi connectivity index (χ1n) is 6.22. The minimum atomic E-state index is -3.52. The van der Waals surface area contributed by atoms with Crippen LogP contribution in [0.2, 0.25) is 0 Å². The van der Waals surface area contributed by atoms with E-state index >= 15 is 0 Å². The van der Waals surface area contributed by atoms with Crippen LogP contribution in [0, 0.1) is 5.82 Å². The zero-order valence-corrected chi connectivity index (χ0v) is 11.8. The van der Waals surface area contributed by atoms with Gasteiger partial charge in [0.15, 0.2) is 15.4 Å². The van der Waals surface area contributed by atoms with Crippen LogP contribution in [-0.2, 0) is 14.6 Å². The van der Waals surface area contributed by atoms with Crippen LogP contribution in [0.3, 0.4) is 0 Å². The maximum Gasteiger partial charge on any atom is 0.330 e. The predicted molar refractivity (Wildman–Crippen MR) is 72.9 cm³/mol. The number of benzene rings is 1. The fourth-order valence-corrected chi connectivity index (χ4v) is 4.42. The molecule has 20 heavy (non-hydrogen) atoms. The van der Waals surface area contributed by atoms with E-state index in [1.165, 1.54) is 18.2 Å². The van der Waals surface area contributed by atoms with Gasteiger partial charge in [-0.05, 0) is 37.5 Å². The molecule has 2 atom stereocenters. The van der Waals surface area contributed by atoms with Crippen LogP contribution in [0.5, 0.6) is 0 Å². The van der Waals surface area contributed by atoms with Gasteiger partial charge in [-0.25, -0.2) is 17.6 Å². The Morgan fingerprint density at radius 3 is 2.75 bits per heavy atom. The number of rotatable bonds is 4. The zero-order valence-electron chi connectivity index (χ0n) is 11.0. The topological polar surface area (TPSA) is 83.5 Å². The molecule has 1 saturated carbocycles. The molecule has 5 nitrogen and oxygen atoms in total. The lowest BCUT2D eigenvalue weighted by Crippen LogP contribution is -2.55. The van der Waals surface area contributed by atoms with E-state index in [1.807, 2.05) is 0 Å². The average Bonchev–Trinajstić information content (AvgIpc) is 2.73. The Hall–Kier alpha value is -1.63. The Balaban J connectivity index is 2.43. The van der Waals surface area contributed by atoms with Crippen LogP contribution >= 0.6 is 0 Å². The van der Waals surface area contributed by atoms with Crippen molar-refractivity contribution < 1.29 is 22.7 Å². The van der Waals surface area contributed by atoms with Crippen molar-refractivity contribution in [3.05, 3.63) is 30.1 Å². The summed E-state index contributed by atoms with van der Waals surface area (Å²) in [7, 11) is -3.52. The maximum absolute atomic E-state index is 13.2. The Kier molecular flexibility index (Phi) is 3.73. The van der Waals surface area contributed by atoms with Crippen molar-refractivity contribution in [2.75, 3.05) is 11.6 Å². The summed E-state index contributed by atoms with van der Waals surface area (Å²) >= 11 is 0. The number of hydrogen-bond donors (Lipinski definition) is 2. The lowest BCUT2D eigenvalue weighted by molar-refractivity contribution is -0.141. The third-order valence-electron chi connectivity index (χ3n) is 3.68.